The number of nitrogens with one attached hydrogen (secondary N) is 2. The van der Waals surface area contributed by atoms with E-state index in [1.807, 2.05) is 32.9 Å². The van der Waals surface area contributed by atoms with Gasteiger partial charge in [0.15, 0.2) is 5.60 Å². The Hall–Kier alpha value is -2.08. The van der Waals surface area contributed by atoms with Crippen molar-refractivity contribution in [2.75, 3.05) is 11.9 Å². The Labute approximate surface area is 117 Å². The van der Waals surface area contributed by atoms with E-state index in [0.717, 1.165) is 23.6 Å². The highest BCUT2D eigenvalue weighted by Gasteiger charge is 2.30. The van der Waals surface area contributed by atoms with Crippen molar-refractivity contribution in [2.45, 2.75) is 33.3 Å². The normalized spacial score (nSPS) is 13.4. The zero-order valence-electron chi connectivity index (χ0n) is 12.1. The maximum Gasteiger partial charge on any atom is 0.337 e. The summed E-state index contributed by atoms with van der Waals surface area (Å²) in [7, 11) is 0. The van der Waals surface area contributed by atoms with Gasteiger partial charge in [-0.25, -0.2) is 9.59 Å². The molecule has 1 atom stereocenters. The standard InChI is InChI=1S/C14H20N2O4/c1-8-5-9(2)11(10(3)6-8)16-13(19)15-7-14(4,20)12(17)18/h5-6,20H,7H2,1-4H3,(H,17,18)(H2,15,16,19). The van der Waals surface area contributed by atoms with Crippen LogP contribution in [0.3, 0.4) is 0 Å². The van der Waals surface area contributed by atoms with Gasteiger partial charge in [0.25, 0.3) is 0 Å². The van der Waals surface area contributed by atoms with Crippen molar-refractivity contribution in [1.29, 1.82) is 0 Å². The molecule has 4 N–H and O–H groups in total. The van der Waals surface area contributed by atoms with E-state index in [0.29, 0.717) is 5.69 Å². The summed E-state index contributed by atoms with van der Waals surface area (Å²) in [6.45, 7) is 6.47. The van der Waals surface area contributed by atoms with Crippen LogP contribution in [0.1, 0.15) is 23.6 Å². The first-order valence-electron chi connectivity index (χ1n) is 6.22. The summed E-state index contributed by atoms with van der Waals surface area (Å²) in [5.41, 5.74) is 1.63. The first-order chi connectivity index (χ1) is 9.13. The van der Waals surface area contributed by atoms with E-state index in [1.165, 1.54) is 0 Å². The number of amides is 2. The van der Waals surface area contributed by atoms with Gasteiger partial charge in [0, 0.05) is 5.69 Å². The van der Waals surface area contributed by atoms with Crippen LogP contribution in [0, 0.1) is 20.8 Å². The molecule has 20 heavy (non-hydrogen) atoms. The third kappa shape index (κ3) is 3.96. The van der Waals surface area contributed by atoms with Gasteiger partial charge in [-0.2, -0.15) is 0 Å². The highest BCUT2D eigenvalue weighted by molar-refractivity contribution is 5.91. The summed E-state index contributed by atoms with van der Waals surface area (Å²) < 4.78 is 0. The highest BCUT2D eigenvalue weighted by Crippen LogP contribution is 2.21. The quantitative estimate of drug-likeness (QED) is 0.672. The van der Waals surface area contributed by atoms with Gasteiger partial charge in [0.2, 0.25) is 0 Å². The van der Waals surface area contributed by atoms with Gasteiger partial charge in [0.1, 0.15) is 0 Å². The number of carboxylic acid groups (broad SMARTS) is 1. The SMILES string of the molecule is Cc1cc(C)c(NC(=O)NCC(C)(O)C(=O)O)c(C)c1. The third-order valence-corrected chi connectivity index (χ3v) is 2.97. The van der Waals surface area contributed by atoms with E-state index in [4.69, 9.17) is 5.11 Å². The van der Waals surface area contributed by atoms with Crippen LogP contribution in [-0.4, -0.2) is 34.4 Å². The lowest BCUT2D eigenvalue weighted by Gasteiger charge is -2.19. The largest absolute Gasteiger partial charge is 0.479 e. The maximum atomic E-state index is 11.7. The number of urea groups is 1. The number of rotatable bonds is 4. The Kier molecular flexibility index (Phi) is 4.73. The molecule has 0 aliphatic rings. The Bertz CT molecular complexity index is 515. The van der Waals surface area contributed by atoms with E-state index in [9.17, 15) is 14.7 Å². The molecular formula is C14H20N2O4. The van der Waals surface area contributed by atoms with Gasteiger partial charge in [-0.3, -0.25) is 0 Å². The molecule has 6 nitrogen and oxygen atoms in total. The molecule has 1 rings (SSSR count). The molecule has 0 aliphatic carbocycles. The van der Waals surface area contributed by atoms with Crippen molar-refractivity contribution < 1.29 is 19.8 Å². The summed E-state index contributed by atoms with van der Waals surface area (Å²) in [6, 6.07) is 3.33. The van der Waals surface area contributed by atoms with Gasteiger partial charge in [-0.05, 0) is 38.8 Å². The smallest absolute Gasteiger partial charge is 0.337 e. The van der Waals surface area contributed by atoms with Crippen LogP contribution in [0.4, 0.5) is 10.5 Å². The predicted octanol–water partition coefficient (Wildman–Crippen LogP) is 1.57. The van der Waals surface area contributed by atoms with Crippen molar-refractivity contribution in [2.24, 2.45) is 0 Å². The lowest BCUT2D eigenvalue weighted by molar-refractivity contribution is -0.155. The summed E-state index contributed by atoms with van der Waals surface area (Å²) in [5.74, 6) is -1.39. The first-order valence-corrected chi connectivity index (χ1v) is 6.22. The summed E-state index contributed by atoms with van der Waals surface area (Å²) in [6.07, 6.45) is 0. The van der Waals surface area contributed by atoms with Gasteiger partial charge >= 0.3 is 12.0 Å². The molecule has 0 spiro atoms. The summed E-state index contributed by atoms with van der Waals surface area (Å²) in [4.78, 5) is 22.5. The van der Waals surface area contributed by atoms with Crippen LogP contribution in [0.2, 0.25) is 0 Å². The highest BCUT2D eigenvalue weighted by atomic mass is 16.4. The monoisotopic (exact) mass is 280 g/mol. The Morgan fingerprint density at radius 2 is 1.70 bits per heavy atom. The van der Waals surface area contributed by atoms with Crippen molar-refractivity contribution >= 4 is 17.7 Å². The molecule has 0 aliphatic heterocycles. The first kappa shape index (κ1) is 16.0. The lowest BCUT2D eigenvalue weighted by Crippen LogP contribution is -2.47. The molecule has 1 aromatic carbocycles. The van der Waals surface area contributed by atoms with Crippen LogP contribution in [0.25, 0.3) is 0 Å². The van der Waals surface area contributed by atoms with Crippen molar-refractivity contribution in [1.82, 2.24) is 5.32 Å². The van der Waals surface area contributed by atoms with Gasteiger partial charge in [0.05, 0.1) is 6.54 Å². The lowest BCUT2D eigenvalue weighted by atomic mass is 10.1. The van der Waals surface area contributed by atoms with Crippen LogP contribution < -0.4 is 10.6 Å². The molecule has 0 saturated carbocycles. The Balaban J connectivity index is 2.71. The number of benzene rings is 1. The van der Waals surface area contributed by atoms with Crippen molar-refractivity contribution in [3.63, 3.8) is 0 Å². The minimum absolute atomic E-state index is 0.377. The Morgan fingerprint density at radius 3 is 2.15 bits per heavy atom. The molecule has 1 unspecified atom stereocenters. The second kappa shape index (κ2) is 5.92. The molecule has 0 saturated heterocycles. The predicted molar refractivity (Wildman–Crippen MR) is 75.9 cm³/mol. The number of hydrogen-bond donors (Lipinski definition) is 4. The average Bonchev–Trinajstić information content (AvgIpc) is 2.31. The fourth-order valence-corrected chi connectivity index (χ4v) is 1.86. The molecule has 0 fully saturated rings. The molecule has 0 aromatic heterocycles. The number of hydrogen-bond acceptors (Lipinski definition) is 3. The topological polar surface area (TPSA) is 98.7 Å². The minimum atomic E-state index is -1.99. The number of carbonyl (C=O) groups excluding carboxylic acids is 1. The number of aryl methyl sites for hydroxylation is 3. The van der Waals surface area contributed by atoms with E-state index in [-0.39, 0.29) is 6.54 Å². The fourth-order valence-electron chi connectivity index (χ4n) is 1.86. The Morgan fingerprint density at radius 1 is 1.20 bits per heavy atom. The summed E-state index contributed by atoms with van der Waals surface area (Å²) >= 11 is 0. The molecule has 0 radical (unpaired) electrons. The molecule has 6 heteroatoms. The van der Waals surface area contributed by atoms with Gasteiger partial charge in [-0.15, -0.1) is 0 Å². The van der Waals surface area contributed by atoms with Crippen LogP contribution in [0.5, 0.6) is 0 Å². The summed E-state index contributed by atoms with van der Waals surface area (Å²) in [5, 5.41) is 23.3. The van der Waals surface area contributed by atoms with Gasteiger partial charge in [-0.1, -0.05) is 17.7 Å². The van der Waals surface area contributed by atoms with E-state index < -0.39 is 17.6 Å². The number of aliphatic carboxylic acids is 1. The molecule has 2 amide bonds. The second-order valence-corrected chi connectivity index (χ2v) is 5.16. The van der Waals surface area contributed by atoms with Crippen molar-refractivity contribution in [3.8, 4) is 0 Å². The molecule has 0 bridgehead atoms. The van der Waals surface area contributed by atoms with E-state index in [2.05, 4.69) is 10.6 Å². The van der Waals surface area contributed by atoms with Crippen LogP contribution in [0.15, 0.2) is 12.1 Å². The zero-order valence-corrected chi connectivity index (χ0v) is 12.1. The minimum Gasteiger partial charge on any atom is -0.479 e. The molecule has 0 heterocycles. The van der Waals surface area contributed by atoms with E-state index >= 15 is 0 Å². The van der Waals surface area contributed by atoms with Gasteiger partial charge < -0.3 is 20.8 Å². The zero-order chi connectivity index (χ0) is 15.5. The number of anilines is 1. The molecule has 110 valence electrons. The number of aliphatic hydroxyl groups is 1. The number of carboxylic acids is 1. The third-order valence-electron chi connectivity index (χ3n) is 2.97. The van der Waals surface area contributed by atoms with E-state index in [1.54, 1.807) is 0 Å². The van der Waals surface area contributed by atoms with Crippen LogP contribution >= 0.6 is 0 Å². The van der Waals surface area contributed by atoms with Crippen molar-refractivity contribution in [3.05, 3.63) is 28.8 Å². The molecular weight excluding hydrogens is 260 g/mol. The number of carbonyl (C=O) groups is 2. The average molecular weight is 280 g/mol. The fraction of sp³-hybridized carbons (Fsp3) is 0.429. The molecule has 1 aromatic rings. The maximum absolute atomic E-state index is 11.7. The second-order valence-electron chi connectivity index (χ2n) is 5.16. The van der Waals surface area contributed by atoms with Crippen LogP contribution in [-0.2, 0) is 4.79 Å².